The van der Waals surface area contributed by atoms with Crippen LogP contribution in [0.2, 0.25) is 0 Å². The van der Waals surface area contributed by atoms with Gasteiger partial charge in [-0.3, -0.25) is 4.90 Å². The highest BCUT2D eigenvalue weighted by molar-refractivity contribution is 5.16. The Morgan fingerprint density at radius 1 is 1.44 bits per heavy atom. The van der Waals surface area contributed by atoms with Crippen molar-refractivity contribution >= 4 is 0 Å². The fraction of sp³-hybridized carbons (Fsp3) is 0.857. The Morgan fingerprint density at radius 2 is 2.19 bits per heavy atom. The van der Waals surface area contributed by atoms with E-state index in [1.807, 2.05) is 6.92 Å². The average Bonchev–Trinajstić information content (AvgIpc) is 2.15. The highest BCUT2D eigenvalue weighted by Crippen LogP contribution is 2.36. The number of fused-ring (bicyclic) bond motifs is 1. The van der Waals surface area contributed by atoms with Gasteiger partial charge in [0.25, 0.3) is 0 Å². The quantitative estimate of drug-likeness (QED) is 0.691. The Bertz CT molecular complexity index is 280. The number of aliphatic hydroxyl groups is 1. The number of allylic oxidation sites excluding steroid dienone is 1. The maximum absolute atomic E-state index is 10.6. The molecule has 16 heavy (non-hydrogen) atoms. The van der Waals surface area contributed by atoms with Crippen molar-refractivity contribution in [2.45, 2.75) is 58.1 Å². The highest BCUT2D eigenvalue weighted by Gasteiger charge is 2.41. The average molecular weight is 223 g/mol. The van der Waals surface area contributed by atoms with Crippen LogP contribution in [0.25, 0.3) is 0 Å². The molecule has 2 fully saturated rings. The van der Waals surface area contributed by atoms with Crippen molar-refractivity contribution in [2.75, 3.05) is 13.1 Å². The van der Waals surface area contributed by atoms with Crippen molar-refractivity contribution in [3.05, 3.63) is 11.6 Å². The predicted molar refractivity (Wildman–Crippen MR) is 67.4 cm³/mol. The number of hydrogen-bond acceptors (Lipinski definition) is 2. The molecule has 0 spiro atoms. The molecule has 2 atom stereocenters. The van der Waals surface area contributed by atoms with E-state index in [1.165, 1.54) is 24.8 Å². The summed E-state index contributed by atoms with van der Waals surface area (Å²) in [5.41, 5.74) is 0.914. The molecule has 0 aliphatic carbocycles. The normalized spacial score (nSPS) is 39.1. The first-order valence-corrected chi connectivity index (χ1v) is 6.65. The molecule has 2 saturated heterocycles. The topological polar surface area (TPSA) is 23.5 Å². The summed E-state index contributed by atoms with van der Waals surface area (Å²) in [7, 11) is 0. The van der Waals surface area contributed by atoms with Gasteiger partial charge in [0.2, 0.25) is 0 Å². The van der Waals surface area contributed by atoms with Gasteiger partial charge in [0.05, 0.1) is 5.60 Å². The number of nitrogens with zero attached hydrogens (tertiary/aromatic N) is 1. The molecule has 0 aromatic carbocycles. The summed E-state index contributed by atoms with van der Waals surface area (Å²) < 4.78 is 0. The molecule has 2 aliphatic heterocycles. The van der Waals surface area contributed by atoms with Gasteiger partial charge in [0, 0.05) is 12.6 Å². The molecule has 92 valence electrons. The zero-order valence-electron chi connectivity index (χ0n) is 10.9. The van der Waals surface area contributed by atoms with E-state index in [0.29, 0.717) is 12.0 Å². The predicted octanol–water partition coefficient (Wildman–Crippen LogP) is 2.58. The molecule has 2 aliphatic rings. The maximum atomic E-state index is 10.6. The van der Waals surface area contributed by atoms with Gasteiger partial charge in [-0.1, -0.05) is 31.9 Å². The van der Waals surface area contributed by atoms with Crippen LogP contribution in [0.3, 0.4) is 0 Å². The minimum Gasteiger partial charge on any atom is -0.388 e. The van der Waals surface area contributed by atoms with Crippen LogP contribution in [-0.4, -0.2) is 34.7 Å². The van der Waals surface area contributed by atoms with Gasteiger partial charge in [-0.15, -0.1) is 0 Å². The third kappa shape index (κ3) is 2.49. The van der Waals surface area contributed by atoms with Gasteiger partial charge in [-0.2, -0.15) is 0 Å². The molecule has 2 rings (SSSR count). The van der Waals surface area contributed by atoms with E-state index in [0.717, 1.165) is 19.5 Å². The van der Waals surface area contributed by atoms with Crippen molar-refractivity contribution in [1.29, 1.82) is 0 Å². The van der Waals surface area contributed by atoms with E-state index in [4.69, 9.17) is 0 Å². The van der Waals surface area contributed by atoms with Gasteiger partial charge >= 0.3 is 0 Å². The SMILES string of the molecule is CC(C)/C=C1/CN2CCCC[C@H]2[C@@](C)(O)C1. The lowest BCUT2D eigenvalue weighted by atomic mass is 9.78. The van der Waals surface area contributed by atoms with Crippen LogP contribution in [0.15, 0.2) is 11.6 Å². The molecule has 0 bridgehead atoms. The van der Waals surface area contributed by atoms with E-state index in [1.54, 1.807) is 0 Å². The highest BCUT2D eigenvalue weighted by atomic mass is 16.3. The molecule has 0 radical (unpaired) electrons. The summed E-state index contributed by atoms with van der Waals surface area (Å²) in [5.74, 6) is 0.590. The summed E-state index contributed by atoms with van der Waals surface area (Å²) in [6.07, 6.45) is 6.94. The molecule has 2 nitrogen and oxygen atoms in total. The summed E-state index contributed by atoms with van der Waals surface area (Å²) in [4.78, 5) is 2.49. The monoisotopic (exact) mass is 223 g/mol. The van der Waals surface area contributed by atoms with Crippen molar-refractivity contribution in [2.24, 2.45) is 5.92 Å². The maximum Gasteiger partial charge on any atom is 0.0811 e. The Balaban J connectivity index is 2.15. The van der Waals surface area contributed by atoms with Crippen molar-refractivity contribution in [3.63, 3.8) is 0 Å². The first-order valence-electron chi connectivity index (χ1n) is 6.65. The van der Waals surface area contributed by atoms with E-state index in [9.17, 15) is 5.11 Å². The molecule has 0 unspecified atom stereocenters. The lowest BCUT2D eigenvalue weighted by molar-refractivity contribution is -0.0641. The van der Waals surface area contributed by atoms with E-state index in [-0.39, 0.29) is 0 Å². The first kappa shape index (κ1) is 12.1. The minimum absolute atomic E-state index is 0.394. The Morgan fingerprint density at radius 3 is 2.88 bits per heavy atom. The van der Waals surface area contributed by atoms with Gasteiger partial charge in [0.15, 0.2) is 0 Å². The third-order valence-electron chi connectivity index (χ3n) is 3.89. The number of piperidine rings is 2. The Labute approximate surface area is 99.3 Å². The van der Waals surface area contributed by atoms with Crippen LogP contribution in [0.4, 0.5) is 0 Å². The molecule has 0 amide bonds. The van der Waals surface area contributed by atoms with Crippen LogP contribution in [-0.2, 0) is 0 Å². The standard InChI is InChI=1S/C14H25NO/c1-11(2)8-12-9-14(3,16)13-6-4-5-7-15(13)10-12/h8,11,13,16H,4-7,9-10H2,1-3H3/b12-8+/t13-,14-/m0/s1. The fourth-order valence-electron chi connectivity index (χ4n) is 3.36. The Kier molecular flexibility index (Phi) is 3.41. The summed E-state index contributed by atoms with van der Waals surface area (Å²) in [6, 6.07) is 0.394. The second kappa shape index (κ2) is 4.50. The lowest BCUT2D eigenvalue weighted by Gasteiger charge is -2.49. The molecule has 2 heteroatoms. The minimum atomic E-state index is -0.514. The van der Waals surface area contributed by atoms with E-state index in [2.05, 4.69) is 24.8 Å². The van der Waals surface area contributed by atoms with Crippen LogP contribution >= 0.6 is 0 Å². The zero-order chi connectivity index (χ0) is 11.8. The molecule has 2 heterocycles. The van der Waals surface area contributed by atoms with Crippen LogP contribution in [0.1, 0.15) is 46.5 Å². The Hall–Kier alpha value is -0.340. The van der Waals surface area contributed by atoms with Crippen LogP contribution in [0, 0.1) is 5.92 Å². The van der Waals surface area contributed by atoms with E-state index < -0.39 is 5.60 Å². The molecule has 1 N–H and O–H groups in total. The molecule has 0 aromatic rings. The summed E-state index contributed by atoms with van der Waals surface area (Å²) in [6.45, 7) is 8.69. The van der Waals surface area contributed by atoms with Gasteiger partial charge in [-0.25, -0.2) is 0 Å². The number of hydrogen-bond donors (Lipinski definition) is 1. The summed E-state index contributed by atoms with van der Waals surface area (Å²) >= 11 is 0. The smallest absolute Gasteiger partial charge is 0.0811 e. The lowest BCUT2D eigenvalue weighted by Crippen LogP contribution is -2.57. The van der Waals surface area contributed by atoms with Crippen molar-refractivity contribution in [1.82, 2.24) is 4.90 Å². The summed E-state index contributed by atoms with van der Waals surface area (Å²) in [5, 5.41) is 10.6. The first-order chi connectivity index (χ1) is 7.49. The van der Waals surface area contributed by atoms with Crippen molar-refractivity contribution in [3.8, 4) is 0 Å². The largest absolute Gasteiger partial charge is 0.388 e. The third-order valence-corrected chi connectivity index (χ3v) is 3.89. The fourth-order valence-corrected chi connectivity index (χ4v) is 3.36. The van der Waals surface area contributed by atoms with Crippen LogP contribution in [0.5, 0.6) is 0 Å². The van der Waals surface area contributed by atoms with Crippen molar-refractivity contribution < 1.29 is 5.11 Å². The molecule has 0 saturated carbocycles. The van der Waals surface area contributed by atoms with Crippen LogP contribution < -0.4 is 0 Å². The second-order valence-corrected chi connectivity index (χ2v) is 6.08. The second-order valence-electron chi connectivity index (χ2n) is 6.08. The molecular formula is C14H25NO. The van der Waals surface area contributed by atoms with Gasteiger partial charge in [0.1, 0.15) is 0 Å². The number of rotatable bonds is 1. The van der Waals surface area contributed by atoms with Gasteiger partial charge < -0.3 is 5.11 Å². The van der Waals surface area contributed by atoms with E-state index >= 15 is 0 Å². The zero-order valence-corrected chi connectivity index (χ0v) is 10.9. The molecular weight excluding hydrogens is 198 g/mol. The van der Waals surface area contributed by atoms with Gasteiger partial charge in [-0.05, 0) is 38.6 Å². The molecule has 0 aromatic heterocycles.